The minimum atomic E-state index is -2.84. The lowest BCUT2D eigenvalue weighted by Gasteiger charge is -2.31. The van der Waals surface area contributed by atoms with Crippen LogP contribution in [0.5, 0.6) is 23.0 Å². The lowest BCUT2D eigenvalue weighted by molar-refractivity contribution is 0.400. The van der Waals surface area contributed by atoms with Gasteiger partial charge in [0.2, 0.25) is 0 Å². The molecule has 0 fully saturated rings. The van der Waals surface area contributed by atoms with Crippen molar-refractivity contribution in [2.75, 3.05) is 0 Å². The van der Waals surface area contributed by atoms with Crippen LogP contribution in [-0.2, 0) is 0 Å². The molecule has 7 aromatic rings. The first kappa shape index (κ1) is 31.2. The Balaban J connectivity index is 1.66. The molecule has 234 valence electrons. The maximum Gasteiger partial charge on any atom is 0.169 e. The Morgan fingerprint density at radius 2 is 0.708 bits per heavy atom. The second-order valence-corrected chi connectivity index (χ2v) is 16.9. The Labute approximate surface area is 282 Å². The minimum Gasteiger partial charge on any atom is -0.504 e. The van der Waals surface area contributed by atoms with E-state index in [1.165, 1.54) is 12.1 Å². The molecule has 0 radical (unpaired) electrons. The van der Waals surface area contributed by atoms with Gasteiger partial charge in [-0.1, -0.05) is 115 Å². The van der Waals surface area contributed by atoms with Gasteiger partial charge in [0.25, 0.3) is 0 Å². The van der Waals surface area contributed by atoms with Crippen molar-refractivity contribution in [3.8, 4) is 34.1 Å². The van der Waals surface area contributed by atoms with Crippen LogP contribution >= 0.6 is 15.2 Å². The summed E-state index contributed by atoms with van der Waals surface area (Å²) in [5.41, 5.74) is 0.562. The van der Waals surface area contributed by atoms with E-state index in [0.29, 0.717) is 0 Å². The van der Waals surface area contributed by atoms with Crippen LogP contribution in [0.1, 0.15) is 0 Å². The van der Waals surface area contributed by atoms with E-state index < -0.39 is 15.2 Å². The van der Waals surface area contributed by atoms with Gasteiger partial charge < -0.3 is 20.4 Å². The molecule has 7 rings (SSSR count). The molecular weight excluding hydrogens is 630 g/mol. The number of phenolic OH excluding ortho intramolecular Hbond substituents is 4. The van der Waals surface area contributed by atoms with Crippen molar-refractivity contribution in [3.05, 3.63) is 176 Å². The zero-order chi connectivity index (χ0) is 33.1. The van der Waals surface area contributed by atoms with Crippen molar-refractivity contribution < 1.29 is 20.4 Å². The van der Waals surface area contributed by atoms with E-state index in [2.05, 4.69) is 60.7 Å². The number of phenols is 4. The largest absolute Gasteiger partial charge is 0.504 e. The van der Waals surface area contributed by atoms with Gasteiger partial charge >= 0.3 is 0 Å². The van der Waals surface area contributed by atoms with Crippen LogP contribution in [0, 0.1) is 0 Å². The third kappa shape index (κ3) is 5.40. The van der Waals surface area contributed by atoms with E-state index in [1.54, 1.807) is 0 Å². The molecule has 0 saturated carbocycles. The van der Waals surface area contributed by atoms with Crippen LogP contribution in [0.4, 0.5) is 0 Å². The molecular formula is C42H33O4P2+. The summed E-state index contributed by atoms with van der Waals surface area (Å²) < 4.78 is 0. The molecule has 0 unspecified atom stereocenters. The fourth-order valence-electron chi connectivity index (χ4n) is 6.50. The van der Waals surface area contributed by atoms with Gasteiger partial charge in [-0.05, 0) is 84.5 Å². The van der Waals surface area contributed by atoms with Crippen molar-refractivity contribution >= 4 is 52.3 Å². The molecule has 4 nitrogen and oxygen atoms in total. The fraction of sp³-hybridized carbons (Fsp3) is 0. The molecule has 0 aliphatic carbocycles. The van der Waals surface area contributed by atoms with Gasteiger partial charge in [-0.15, -0.1) is 0 Å². The first-order valence-corrected chi connectivity index (χ1v) is 18.7. The van der Waals surface area contributed by atoms with Gasteiger partial charge in [0.15, 0.2) is 23.0 Å². The molecule has 6 heteroatoms. The third-order valence-corrected chi connectivity index (χ3v) is 15.4. The van der Waals surface area contributed by atoms with Gasteiger partial charge in [-0.2, -0.15) is 0 Å². The number of aromatic hydroxyl groups is 4. The Morgan fingerprint density at radius 1 is 0.354 bits per heavy atom. The molecule has 0 spiro atoms. The second kappa shape index (κ2) is 13.4. The fourth-order valence-corrected chi connectivity index (χ4v) is 13.4. The van der Waals surface area contributed by atoms with E-state index in [4.69, 9.17) is 0 Å². The first-order valence-electron chi connectivity index (χ1n) is 15.6. The molecule has 0 heterocycles. The minimum absolute atomic E-state index is 0.280. The zero-order valence-corrected chi connectivity index (χ0v) is 27.7. The number of benzene rings is 7. The number of hydrogen-bond donors (Lipinski definition) is 4. The second-order valence-electron chi connectivity index (χ2n) is 11.3. The van der Waals surface area contributed by atoms with Crippen molar-refractivity contribution in [2.45, 2.75) is 0 Å². The first-order chi connectivity index (χ1) is 23.5. The lowest BCUT2D eigenvalue weighted by atomic mass is 10.0. The summed E-state index contributed by atoms with van der Waals surface area (Å²) in [4.78, 5) is 0. The summed E-state index contributed by atoms with van der Waals surface area (Å²) in [6, 6.07) is 57.5. The van der Waals surface area contributed by atoms with Crippen molar-refractivity contribution in [2.24, 2.45) is 0 Å². The molecule has 0 aromatic heterocycles. The Bertz CT molecular complexity index is 2020. The summed E-state index contributed by atoms with van der Waals surface area (Å²) >= 11 is 0. The molecule has 48 heavy (non-hydrogen) atoms. The summed E-state index contributed by atoms with van der Waals surface area (Å²) in [5, 5.41) is 53.0. The van der Waals surface area contributed by atoms with E-state index >= 15 is 0 Å². The normalized spacial score (nSPS) is 11.4. The smallest absolute Gasteiger partial charge is 0.169 e. The molecule has 7 aromatic carbocycles. The molecule has 4 N–H and O–H groups in total. The van der Waals surface area contributed by atoms with E-state index in [-0.39, 0.29) is 34.1 Å². The highest BCUT2D eigenvalue weighted by molar-refractivity contribution is 8.01. The van der Waals surface area contributed by atoms with Crippen LogP contribution in [0.3, 0.4) is 0 Å². The van der Waals surface area contributed by atoms with Gasteiger partial charge in [0.05, 0.1) is 5.56 Å². The monoisotopic (exact) mass is 663 g/mol. The van der Waals surface area contributed by atoms with E-state index in [9.17, 15) is 20.4 Å². The molecule has 0 bridgehead atoms. The zero-order valence-electron chi connectivity index (χ0n) is 25.9. The van der Waals surface area contributed by atoms with Gasteiger partial charge in [0, 0.05) is 5.56 Å². The van der Waals surface area contributed by atoms with Crippen molar-refractivity contribution in [1.29, 1.82) is 0 Å². The Hall–Kier alpha value is -5.40. The highest BCUT2D eigenvalue weighted by atomic mass is 31.2. The van der Waals surface area contributed by atoms with Crippen LogP contribution in [0.15, 0.2) is 176 Å². The highest BCUT2D eigenvalue weighted by Crippen LogP contribution is 2.59. The number of hydrogen-bond acceptors (Lipinski definition) is 4. The summed E-state index contributed by atoms with van der Waals surface area (Å²) in [6.45, 7) is 0. The topological polar surface area (TPSA) is 80.9 Å². The van der Waals surface area contributed by atoms with Crippen molar-refractivity contribution in [1.82, 2.24) is 0 Å². The van der Waals surface area contributed by atoms with Gasteiger partial charge in [-0.3, -0.25) is 0 Å². The maximum absolute atomic E-state index is 12.1. The average molecular weight is 664 g/mol. The number of rotatable bonds is 8. The van der Waals surface area contributed by atoms with Crippen LogP contribution < -0.4 is 37.1 Å². The molecule has 0 aliphatic rings. The Kier molecular flexibility index (Phi) is 8.70. The summed E-state index contributed by atoms with van der Waals surface area (Å²) in [7, 11) is -4.14. The van der Waals surface area contributed by atoms with Crippen molar-refractivity contribution in [3.63, 3.8) is 0 Å². The standard InChI is InChI=1S/C42H32O4P2/c43-35-26-28-37(47(30-16-6-1-7-17-30)31-18-8-2-9-19-31)39(41(35)45)40-38(29-27-36(44)42(40)46)48(32-20-10-3-11-21-32,33-22-12-4-13-23-33)34-24-14-5-15-25-34/h1-29H,(H3-,43,44,45,46)/p+1. The maximum atomic E-state index is 12.1. The van der Waals surface area contributed by atoms with Gasteiger partial charge in [0.1, 0.15) is 28.5 Å². The quantitative estimate of drug-likeness (QED) is 0.110. The Morgan fingerprint density at radius 3 is 1.12 bits per heavy atom. The predicted octanol–water partition coefficient (Wildman–Crippen LogP) is 6.55. The van der Waals surface area contributed by atoms with Gasteiger partial charge in [-0.25, -0.2) is 0 Å². The van der Waals surface area contributed by atoms with E-state index in [1.807, 2.05) is 103 Å². The van der Waals surface area contributed by atoms with Crippen LogP contribution in [0.25, 0.3) is 11.1 Å². The SMILES string of the molecule is Oc1ccc(P(c2ccccc2)c2ccccc2)c(-c2c([P+](c3ccccc3)(c3ccccc3)c3ccccc3)ccc(O)c2O)c1O. The lowest BCUT2D eigenvalue weighted by Crippen LogP contribution is -2.39. The third-order valence-electron chi connectivity index (χ3n) is 8.58. The summed E-state index contributed by atoms with van der Waals surface area (Å²) in [5.74, 6) is -1.36. The van der Waals surface area contributed by atoms with E-state index in [0.717, 1.165) is 37.1 Å². The molecule has 0 saturated heterocycles. The molecule has 0 atom stereocenters. The summed E-state index contributed by atoms with van der Waals surface area (Å²) in [6.07, 6.45) is 0. The van der Waals surface area contributed by atoms with Crippen LogP contribution in [0.2, 0.25) is 0 Å². The highest BCUT2D eigenvalue weighted by Gasteiger charge is 2.51. The average Bonchev–Trinajstić information content (AvgIpc) is 3.15. The molecule has 0 amide bonds. The molecule has 0 aliphatic heterocycles. The predicted molar refractivity (Wildman–Crippen MR) is 202 cm³/mol. The van der Waals surface area contributed by atoms with Crippen LogP contribution in [-0.4, -0.2) is 20.4 Å².